The maximum atomic E-state index is 13.9. The van der Waals surface area contributed by atoms with Crippen molar-refractivity contribution in [2.45, 2.75) is 31.7 Å². The number of anilines is 1. The van der Waals surface area contributed by atoms with E-state index in [4.69, 9.17) is 0 Å². The zero-order valence-corrected chi connectivity index (χ0v) is 14.3. The molecule has 4 nitrogen and oxygen atoms in total. The summed E-state index contributed by atoms with van der Waals surface area (Å²) in [7, 11) is 0. The molecule has 0 aliphatic heterocycles. The van der Waals surface area contributed by atoms with Crippen molar-refractivity contribution in [3.63, 3.8) is 0 Å². The van der Waals surface area contributed by atoms with E-state index in [9.17, 15) is 9.50 Å². The van der Waals surface area contributed by atoms with Crippen LogP contribution >= 0.6 is 0 Å². The molecule has 0 spiro atoms. The Morgan fingerprint density at radius 3 is 2.42 bits per heavy atom. The predicted molar refractivity (Wildman–Crippen MR) is 99.5 cm³/mol. The van der Waals surface area contributed by atoms with Crippen LogP contribution in [0.3, 0.4) is 0 Å². The lowest BCUT2D eigenvalue weighted by Crippen LogP contribution is -2.25. The second-order valence-corrected chi connectivity index (χ2v) is 7.42. The fraction of sp³-hybridized carbons (Fsp3) is 0.333. The first kappa shape index (κ1) is 15.6. The number of rotatable bonds is 5. The number of phenols is 1. The van der Waals surface area contributed by atoms with Crippen LogP contribution in [0.15, 0.2) is 42.5 Å². The van der Waals surface area contributed by atoms with Gasteiger partial charge in [-0.2, -0.15) is 0 Å². The molecule has 0 bridgehead atoms. The molecular weight excluding hydrogens is 329 g/mol. The Kier molecular flexibility index (Phi) is 3.55. The number of aromatic hydroxyl groups is 1. The summed E-state index contributed by atoms with van der Waals surface area (Å²) in [5.74, 6) is 2.34. The Labute approximate surface area is 151 Å². The van der Waals surface area contributed by atoms with Gasteiger partial charge in [0, 0.05) is 11.4 Å². The molecule has 2 fully saturated rings. The molecule has 0 atom stereocenters. The van der Waals surface area contributed by atoms with Crippen LogP contribution in [0, 0.1) is 17.7 Å². The molecule has 0 saturated heterocycles. The van der Waals surface area contributed by atoms with Crippen molar-refractivity contribution in [2.75, 3.05) is 5.32 Å². The number of halogens is 1. The van der Waals surface area contributed by atoms with Gasteiger partial charge in [-0.3, -0.25) is 0 Å². The molecule has 5 rings (SSSR count). The van der Waals surface area contributed by atoms with E-state index in [-0.39, 0.29) is 11.6 Å². The molecule has 5 heteroatoms. The highest BCUT2D eigenvalue weighted by molar-refractivity contribution is 5.91. The van der Waals surface area contributed by atoms with Crippen LogP contribution in [0.1, 0.15) is 25.7 Å². The Morgan fingerprint density at radius 2 is 1.73 bits per heavy atom. The standard InChI is InChI=1S/C21H20FN3O/c22-14-9-10-17-16(11-14)21(24-19(12-5-6-12)13-7-8-13)25-20(23-17)15-3-1-2-4-18(15)26/h1-4,9-13,19,26H,5-8H2,(H,23,24,25). The lowest BCUT2D eigenvalue weighted by Gasteiger charge is -2.20. The van der Waals surface area contributed by atoms with Crippen LogP contribution in [-0.4, -0.2) is 21.1 Å². The van der Waals surface area contributed by atoms with E-state index in [0.29, 0.717) is 46.0 Å². The molecule has 26 heavy (non-hydrogen) atoms. The number of fused-ring (bicyclic) bond motifs is 1. The van der Waals surface area contributed by atoms with E-state index in [0.717, 1.165) is 0 Å². The Balaban J connectivity index is 1.64. The van der Waals surface area contributed by atoms with Crippen LogP contribution in [0.2, 0.25) is 0 Å². The maximum absolute atomic E-state index is 13.9. The second-order valence-electron chi connectivity index (χ2n) is 7.42. The van der Waals surface area contributed by atoms with Crippen molar-refractivity contribution in [3.05, 3.63) is 48.3 Å². The van der Waals surface area contributed by atoms with Crippen LogP contribution in [-0.2, 0) is 0 Å². The highest BCUT2D eigenvalue weighted by Crippen LogP contribution is 2.46. The molecule has 3 aromatic rings. The topological polar surface area (TPSA) is 58.0 Å². The van der Waals surface area contributed by atoms with Crippen LogP contribution in [0.4, 0.5) is 10.2 Å². The van der Waals surface area contributed by atoms with Crippen molar-refractivity contribution in [3.8, 4) is 17.1 Å². The van der Waals surface area contributed by atoms with Gasteiger partial charge in [-0.05, 0) is 67.9 Å². The lowest BCUT2D eigenvalue weighted by molar-refractivity contribution is 0.477. The van der Waals surface area contributed by atoms with Gasteiger partial charge in [0.1, 0.15) is 17.4 Å². The van der Waals surface area contributed by atoms with Gasteiger partial charge in [-0.25, -0.2) is 14.4 Å². The minimum absolute atomic E-state index is 0.140. The van der Waals surface area contributed by atoms with E-state index >= 15 is 0 Å². The van der Waals surface area contributed by atoms with Gasteiger partial charge < -0.3 is 10.4 Å². The molecule has 1 aromatic heterocycles. The summed E-state index contributed by atoms with van der Waals surface area (Å²) < 4.78 is 13.9. The van der Waals surface area contributed by atoms with Gasteiger partial charge >= 0.3 is 0 Å². The summed E-state index contributed by atoms with van der Waals surface area (Å²) in [5, 5.41) is 14.5. The lowest BCUT2D eigenvalue weighted by atomic mass is 10.1. The van der Waals surface area contributed by atoms with Gasteiger partial charge in [0.25, 0.3) is 0 Å². The fourth-order valence-corrected chi connectivity index (χ4v) is 3.68. The molecule has 132 valence electrons. The first-order valence-corrected chi connectivity index (χ1v) is 9.21. The molecule has 2 N–H and O–H groups in total. The van der Waals surface area contributed by atoms with E-state index < -0.39 is 0 Å². The Bertz CT molecular complexity index is 970. The zero-order valence-electron chi connectivity index (χ0n) is 14.3. The quantitative estimate of drug-likeness (QED) is 0.698. The van der Waals surface area contributed by atoms with Gasteiger partial charge in [0.2, 0.25) is 0 Å². The molecule has 2 aliphatic rings. The highest BCUT2D eigenvalue weighted by Gasteiger charge is 2.41. The number of nitrogens with one attached hydrogen (secondary N) is 1. The largest absolute Gasteiger partial charge is 0.507 e. The van der Waals surface area contributed by atoms with Crippen LogP contribution in [0.25, 0.3) is 22.3 Å². The molecule has 2 aromatic carbocycles. The monoisotopic (exact) mass is 349 g/mol. The summed E-state index contributed by atoms with van der Waals surface area (Å²) in [6.07, 6.45) is 4.99. The fourth-order valence-electron chi connectivity index (χ4n) is 3.68. The summed E-state index contributed by atoms with van der Waals surface area (Å²) in [6, 6.07) is 12.0. The Hall–Kier alpha value is -2.69. The van der Waals surface area contributed by atoms with E-state index in [1.54, 1.807) is 24.3 Å². The highest BCUT2D eigenvalue weighted by atomic mass is 19.1. The number of hydrogen-bond donors (Lipinski definition) is 2. The molecule has 1 heterocycles. The molecule has 2 aliphatic carbocycles. The molecule has 2 saturated carbocycles. The van der Waals surface area contributed by atoms with Gasteiger partial charge in [-0.15, -0.1) is 0 Å². The SMILES string of the molecule is Oc1ccccc1-c1nc(NC(C2CC2)C2CC2)c2cc(F)ccc2n1. The minimum Gasteiger partial charge on any atom is -0.507 e. The average molecular weight is 349 g/mol. The van der Waals surface area contributed by atoms with Crippen molar-refractivity contribution in [1.29, 1.82) is 0 Å². The van der Waals surface area contributed by atoms with Gasteiger partial charge in [0.15, 0.2) is 5.82 Å². The number of phenolic OH excluding ortho intramolecular Hbond substituents is 1. The third-order valence-corrected chi connectivity index (χ3v) is 5.37. The van der Waals surface area contributed by atoms with E-state index in [1.165, 1.54) is 37.8 Å². The summed E-state index contributed by atoms with van der Waals surface area (Å²) in [5.41, 5.74) is 1.25. The first-order chi connectivity index (χ1) is 12.7. The third-order valence-electron chi connectivity index (χ3n) is 5.37. The summed E-state index contributed by atoms with van der Waals surface area (Å²) >= 11 is 0. The summed E-state index contributed by atoms with van der Waals surface area (Å²) in [6.45, 7) is 0. The van der Waals surface area contributed by atoms with Crippen molar-refractivity contribution >= 4 is 16.7 Å². The summed E-state index contributed by atoms with van der Waals surface area (Å²) in [4.78, 5) is 9.24. The van der Waals surface area contributed by atoms with Crippen molar-refractivity contribution < 1.29 is 9.50 Å². The van der Waals surface area contributed by atoms with Crippen molar-refractivity contribution in [2.24, 2.45) is 11.8 Å². The normalized spacial score (nSPS) is 17.0. The predicted octanol–water partition coefficient (Wildman–Crippen LogP) is 4.74. The Morgan fingerprint density at radius 1 is 1.00 bits per heavy atom. The number of para-hydroxylation sites is 1. The van der Waals surface area contributed by atoms with Crippen LogP contribution in [0.5, 0.6) is 5.75 Å². The maximum Gasteiger partial charge on any atom is 0.165 e. The molecular formula is C21H20FN3O. The average Bonchev–Trinajstić information content (AvgIpc) is 3.54. The molecule has 0 radical (unpaired) electrons. The minimum atomic E-state index is -0.297. The van der Waals surface area contributed by atoms with E-state index in [1.807, 2.05) is 6.07 Å². The zero-order chi connectivity index (χ0) is 17.7. The number of hydrogen-bond acceptors (Lipinski definition) is 4. The third kappa shape index (κ3) is 2.87. The van der Waals surface area contributed by atoms with E-state index in [2.05, 4.69) is 15.3 Å². The smallest absolute Gasteiger partial charge is 0.165 e. The van der Waals surface area contributed by atoms with Crippen molar-refractivity contribution in [1.82, 2.24) is 9.97 Å². The van der Waals surface area contributed by atoms with Crippen LogP contribution < -0.4 is 5.32 Å². The van der Waals surface area contributed by atoms with Gasteiger partial charge in [-0.1, -0.05) is 12.1 Å². The molecule has 0 unspecified atom stereocenters. The number of benzene rings is 2. The second kappa shape index (κ2) is 5.94. The molecule has 0 amide bonds. The first-order valence-electron chi connectivity index (χ1n) is 9.21. The number of aromatic nitrogens is 2. The number of nitrogens with zero attached hydrogens (tertiary/aromatic N) is 2. The van der Waals surface area contributed by atoms with Gasteiger partial charge in [0.05, 0.1) is 11.1 Å².